The maximum absolute atomic E-state index is 11.7. The zero-order valence-corrected chi connectivity index (χ0v) is 12.4. The van der Waals surface area contributed by atoms with Crippen molar-refractivity contribution in [3.8, 4) is 0 Å². The van der Waals surface area contributed by atoms with Crippen LogP contribution in [-0.4, -0.2) is 17.8 Å². The third-order valence-electron chi connectivity index (χ3n) is 2.47. The van der Waals surface area contributed by atoms with Gasteiger partial charge in [0.05, 0.1) is 21.8 Å². The summed E-state index contributed by atoms with van der Waals surface area (Å²) in [6.07, 6.45) is 2.19. The molecule has 1 amide bonds. The number of nitrogens with one attached hydrogen (secondary N) is 1. The maximum atomic E-state index is 11.7. The van der Waals surface area contributed by atoms with Crippen LogP contribution in [0.3, 0.4) is 0 Å². The quantitative estimate of drug-likeness (QED) is 0.789. The van der Waals surface area contributed by atoms with Gasteiger partial charge < -0.3 is 5.32 Å². The second kappa shape index (κ2) is 7.88. The van der Waals surface area contributed by atoms with Gasteiger partial charge in [-0.1, -0.05) is 42.6 Å². The van der Waals surface area contributed by atoms with Crippen molar-refractivity contribution in [3.63, 3.8) is 0 Å². The first-order valence-electron chi connectivity index (χ1n) is 5.87. The van der Waals surface area contributed by atoms with E-state index >= 15 is 0 Å². The lowest BCUT2D eigenvalue weighted by Crippen LogP contribution is -2.30. The molecule has 1 aromatic carbocycles. The number of hydrogen-bond donors (Lipinski definition) is 1. The average Bonchev–Trinajstić information content (AvgIpc) is 2.32. The van der Waals surface area contributed by atoms with Gasteiger partial charge >= 0.3 is 0 Å². The Kier molecular flexibility index (Phi) is 6.83. The highest BCUT2D eigenvalue weighted by molar-refractivity contribution is 6.42. The highest BCUT2D eigenvalue weighted by atomic mass is 35.5. The fraction of sp³-hybridized carbons (Fsp3) is 0.462. The first-order chi connectivity index (χ1) is 8.52. The molecule has 1 unspecified atom stereocenters. The van der Waals surface area contributed by atoms with Crippen LogP contribution in [0, 0.1) is 0 Å². The monoisotopic (exact) mass is 307 g/mol. The summed E-state index contributed by atoms with van der Waals surface area (Å²) in [5.74, 6) is -0.0601. The number of rotatable bonds is 6. The van der Waals surface area contributed by atoms with E-state index in [4.69, 9.17) is 34.8 Å². The topological polar surface area (TPSA) is 29.1 Å². The molecule has 0 heterocycles. The molecule has 0 spiro atoms. The number of benzene rings is 1. The molecule has 2 nitrogen and oxygen atoms in total. The summed E-state index contributed by atoms with van der Waals surface area (Å²) in [7, 11) is 0. The number of carbonyl (C=O) groups is 1. The van der Waals surface area contributed by atoms with Crippen molar-refractivity contribution in [2.24, 2.45) is 0 Å². The molecule has 1 aromatic rings. The molecule has 0 aromatic heterocycles. The van der Waals surface area contributed by atoms with Crippen molar-refractivity contribution in [3.05, 3.63) is 33.8 Å². The van der Waals surface area contributed by atoms with Crippen LogP contribution in [0.15, 0.2) is 18.2 Å². The van der Waals surface area contributed by atoms with E-state index in [0.717, 1.165) is 18.4 Å². The first kappa shape index (κ1) is 15.6. The molecule has 0 bridgehead atoms. The zero-order chi connectivity index (χ0) is 13.5. The van der Waals surface area contributed by atoms with Crippen LogP contribution >= 0.6 is 34.8 Å². The van der Waals surface area contributed by atoms with Crippen molar-refractivity contribution in [1.29, 1.82) is 0 Å². The Morgan fingerprint density at radius 1 is 1.33 bits per heavy atom. The van der Waals surface area contributed by atoms with Gasteiger partial charge in [-0.05, 0) is 24.1 Å². The molecule has 0 aliphatic rings. The highest BCUT2D eigenvalue weighted by Crippen LogP contribution is 2.22. The van der Waals surface area contributed by atoms with Gasteiger partial charge in [0.2, 0.25) is 5.91 Å². The lowest BCUT2D eigenvalue weighted by atomic mass is 10.1. The summed E-state index contributed by atoms with van der Waals surface area (Å²) in [4.78, 5) is 11.7. The van der Waals surface area contributed by atoms with Crippen LogP contribution in [-0.2, 0) is 11.2 Å². The SMILES string of the molecule is CCCC(Cl)CNC(=O)Cc1ccc(Cl)c(Cl)c1. The second-order valence-electron chi connectivity index (χ2n) is 4.12. The van der Waals surface area contributed by atoms with Crippen molar-refractivity contribution in [2.75, 3.05) is 6.54 Å². The molecule has 0 fully saturated rings. The lowest BCUT2D eigenvalue weighted by Gasteiger charge is -2.10. The van der Waals surface area contributed by atoms with E-state index in [-0.39, 0.29) is 17.7 Å². The summed E-state index contributed by atoms with van der Waals surface area (Å²) in [5.41, 5.74) is 0.837. The van der Waals surface area contributed by atoms with Crippen molar-refractivity contribution in [2.45, 2.75) is 31.6 Å². The van der Waals surface area contributed by atoms with Crippen LogP contribution in [0.2, 0.25) is 10.0 Å². The number of amides is 1. The molecule has 0 saturated heterocycles. The second-order valence-corrected chi connectivity index (χ2v) is 5.55. The van der Waals surface area contributed by atoms with Gasteiger partial charge in [-0.25, -0.2) is 0 Å². The highest BCUT2D eigenvalue weighted by Gasteiger charge is 2.08. The summed E-state index contributed by atoms with van der Waals surface area (Å²) >= 11 is 17.7. The van der Waals surface area contributed by atoms with E-state index in [0.29, 0.717) is 16.6 Å². The molecule has 18 heavy (non-hydrogen) atoms. The van der Waals surface area contributed by atoms with Crippen LogP contribution in [0.5, 0.6) is 0 Å². The van der Waals surface area contributed by atoms with Crippen LogP contribution in [0.4, 0.5) is 0 Å². The van der Waals surface area contributed by atoms with Gasteiger partial charge in [0.15, 0.2) is 0 Å². The molecule has 100 valence electrons. The average molecular weight is 309 g/mol. The molecule has 0 aliphatic heterocycles. The predicted molar refractivity (Wildman–Crippen MR) is 77.7 cm³/mol. The van der Waals surface area contributed by atoms with E-state index in [9.17, 15) is 4.79 Å². The standard InChI is InChI=1S/C13H16Cl3NO/c1-2-3-10(14)8-17-13(18)7-9-4-5-11(15)12(16)6-9/h4-6,10H,2-3,7-8H2,1H3,(H,17,18). The van der Waals surface area contributed by atoms with Crippen LogP contribution in [0.25, 0.3) is 0 Å². The Morgan fingerprint density at radius 2 is 2.06 bits per heavy atom. The fourth-order valence-corrected chi connectivity index (χ4v) is 2.15. The summed E-state index contributed by atoms with van der Waals surface area (Å²) in [6, 6.07) is 5.18. The number of hydrogen-bond acceptors (Lipinski definition) is 1. The molecule has 0 radical (unpaired) electrons. The minimum absolute atomic E-state index is 0.00671. The Hall–Kier alpha value is -0.440. The smallest absolute Gasteiger partial charge is 0.224 e. The van der Waals surface area contributed by atoms with Crippen molar-refractivity contribution < 1.29 is 4.79 Å². The van der Waals surface area contributed by atoms with Gasteiger partial charge in [0.1, 0.15) is 0 Å². The van der Waals surface area contributed by atoms with Gasteiger partial charge in [-0.15, -0.1) is 11.6 Å². The van der Waals surface area contributed by atoms with E-state index in [1.807, 2.05) is 0 Å². The Labute approximate surface area is 123 Å². The van der Waals surface area contributed by atoms with Crippen LogP contribution in [0.1, 0.15) is 25.3 Å². The van der Waals surface area contributed by atoms with E-state index in [1.165, 1.54) is 0 Å². The predicted octanol–water partition coefficient (Wildman–Crippen LogP) is 4.06. The normalized spacial score (nSPS) is 12.2. The minimum Gasteiger partial charge on any atom is -0.354 e. The van der Waals surface area contributed by atoms with Crippen molar-refractivity contribution >= 4 is 40.7 Å². The largest absolute Gasteiger partial charge is 0.354 e. The molecular formula is C13H16Cl3NO. The third kappa shape index (κ3) is 5.47. The summed E-state index contributed by atoms with van der Waals surface area (Å²) in [6.45, 7) is 2.56. The summed E-state index contributed by atoms with van der Waals surface area (Å²) in [5, 5.41) is 3.75. The number of halogens is 3. The maximum Gasteiger partial charge on any atom is 0.224 e. The number of carbonyl (C=O) groups excluding carboxylic acids is 1. The van der Waals surface area contributed by atoms with E-state index in [2.05, 4.69) is 12.2 Å². The van der Waals surface area contributed by atoms with Gasteiger partial charge in [-0.3, -0.25) is 4.79 Å². The van der Waals surface area contributed by atoms with E-state index < -0.39 is 0 Å². The van der Waals surface area contributed by atoms with Crippen molar-refractivity contribution in [1.82, 2.24) is 5.32 Å². The summed E-state index contributed by atoms with van der Waals surface area (Å²) < 4.78 is 0. The Morgan fingerprint density at radius 3 is 2.67 bits per heavy atom. The zero-order valence-electron chi connectivity index (χ0n) is 10.2. The molecule has 1 atom stereocenters. The molecule has 0 saturated carbocycles. The van der Waals surface area contributed by atoms with E-state index in [1.54, 1.807) is 18.2 Å². The lowest BCUT2D eigenvalue weighted by molar-refractivity contribution is -0.120. The fourth-order valence-electron chi connectivity index (χ4n) is 1.54. The first-order valence-corrected chi connectivity index (χ1v) is 7.06. The van der Waals surface area contributed by atoms with Gasteiger partial charge in [0, 0.05) is 6.54 Å². The third-order valence-corrected chi connectivity index (χ3v) is 3.58. The Bertz CT molecular complexity index is 409. The molecule has 5 heteroatoms. The van der Waals surface area contributed by atoms with Gasteiger partial charge in [0.25, 0.3) is 0 Å². The molecule has 1 rings (SSSR count). The minimum atomic E-state index is -0.0601. The molecule has 0 aliphatic carbocycles. The van der Waals surface area contributed by atoms with Gasteiger partial charge in [-0.2, -0.15) is 0 Å². The molecular weight excluding hydrogens is 293 g/mol. The number of alkyl halides is 1. The Balaban J connectivity index is 2.42. The molecule has 1 N–H and O–H groups in total. The van der Waals surface area contributed by atoms with Crippen LogP contribution < -0.4 is 5.32 Å².